The molecule has 29 heavy (non-hydrogen) atoms. The number of morpholine rings is 1. The molecular formula is C22H23Cl2NO4. The Kier molecular flexibility index (Phi) is 5.65. The average Bonchev–Trinajstić information content (AvgIpc) is 3.00. The number of benzene rings is 2. The third kappa shape index (κ3) is 4.63. The van der Waals surface area contributed by atoms with E-state index in [2.05, 4.69) is 0 Å². The lowest BCUT2D eigenvalue weighted by molar-refractivity contribution is -0.141. The maximum Gasteiger partial charge on any atom is 0.260 e. The van der Waals surface area contributed by atoms with Crippen LogP contribution in [0.4, 0.5) is 0 Å². The number of rotatable bonds is 4. The molecule has 0 aromatic heterocycles. The molecule has 0 bridgehead atoms. The summed E-state index contributed by atoms with van der Waals surface area (Å²) in [6, 6.07) is 11.1. The van der Waals surface area contributed by atoms with E-state index in [-0.39, 0.29) is 24.2 Å². The highest BCUT2D eigenvalue weighted by atomic mass is 35.5. The van der Waals surface area contributed by atoms with E-state index in [1.54, 1.807) is 11.0 Å². The van der Waals surface area contributed by atoms with Crippen molar-refractivity contribution in [2.75, 3.05) is 26.3 Å². The Labute approximate surface area is 180 Å². The van der Waals surface area contributed by atoms with Gasteiger partial charge in [-0.3, -0.25) is 4.79 Å². The molecule has 0 aliphatic carbocycles. The molecular weight excluding hydrogens is 413 g/mol. The number of fused-ring (bicyclic) bond motifs is 1. The normalized spacial score (nSPS) is 20.1. The Morgan fingerprint density at radius 2 is 2.00 bits per heavy atom. The standard InChI is InChI=1S/C22H23Cl2NO4/c1-22(2)11-14-4-3-5-18(21(14)29-22)28-13-20(26)25-6-7-27-19(12-25)15-8-16(23)10-17(24)9-15/h3-5,8-10,19H,6-7,11-13H2,1-2H3. The highest BCUT2D eigenvalue weighted by Crippen LogP contribution is 2.41. The van der Waals surface area contributed by atoms with Gasteiger partial charge in [-0.2, -0.15) is 0 Å². The largest absolute Gasteiger partial charge is 0.483 e. The summed E-state index contributed by atoms with van der Waals surface area (Å²) in [4.78, 5) is 14.5. The lowest BCUT2D eigenvalue weighted by Crippen LogP contribution is -2.44. The monoisotopic (exact) mass is 435 g/mol. The van der Waals surface area contributed by atoms with Gasteiger partial charge in [-0.15, -0.1) is 0 Å². The molecule has 1 atom stereocenters. The quantitative estimate of drug-likeness (QED) is 0.698. The number of hydrogen-bond acceptors (Lipinski definition) is 4. The number of hydrogen-bond donors (Lipinski definition) is 0. The van der Waals surface area contributed by atoms with Crippen molar-refractivity contribution in [3.05, 3.63) is 57.6 Å². The lowest BCUT2D eigenvalue weighted by Gasteiger charge is -2.33. The molecule has 4 rings (SSSR count). The molecule has 154 valence electrons. The zero-order valence-electron chi connectivity index (χ0n) is 16.4. The Hall–Kier alpha value is -1.95. The number of carbonyl (C=O) groups is 1. The first-order valence-electron chi connectivity index (χ1n) is 9.60. The van der Waals surface area contributed by atoms with Gasteiger partial charge in [0.05, 0.1) is 13.2 Å². The fourth-order valence-corrected chi connectivity index (χ4v) is 4.31. The minimum atomic E-state index is -0.269. The van der Waals surface area contributed by atoms with Crippen LogP contribution >= 0.6 is 23.2 Å². The van der Waals surface area contributed by atoms with E-state index in [0.717, 1.165) is 23.3 Å². The summed E-state index contributed by atoms with van der Waals surface area (Å²) in [6.07, 6.45) is 0.551. The van der Waals surface area contributed by atoms with Crippen LogP contribution in [0.25, 0.3) is 0 Å². The second-order valence-electron chi connectivity index (χ2n) is 7.97. The van der Waals surface area contributed by atoms with E-state index in [4.69, 9.17) is 37.4 Å². The first-order chi connectivity index (χ1) is 13.8. The zero-order chi connectivity index (χ0) is 20.6. The van der Waals surface area contributed by atoms with Gasteiger partial charge in [-0.1, -0.05) is 35.3 Å². The third-order valence-electron chi connectivity index (χ3n) is 5.08. The smallest absolute Gasteiger partial charge is 0.260 e. The summed E-state index contributed by atoms with van der Waals surface area (Å²) in [6.45, 7) is 5.41. The summed E-state index contributed by atoms with van der Waals surface area (Å²) in [5.74, 6) is 1.24. The first-order valence-corrected chi connectivity index (χ1v) is 10.4. The Morgan fingerprint density at radius 3 is 2.76 bits per heavy atom. The molecule has 0 radical (unpaired) electrons. The van der Waals surface area contributed by atoms with Crippen molar-refractivity contribution in [3.8, 4) is 11.5 Å². The molecule has 5 nitrogen and oxygen atoms in total. The summed E-state index contributed by atoms with van der Waals surface area (Å²) < 4.78 is 17.7. The molecule has 2 aliphatic heterocycles. The van der Waals surface area contributed by atoms with E-state index in [0.29, 0.717) is 35.5 Å². The molecule has 1 saturated heterocycles. The molecule has 2 aromatic carbocycles. The van der Waals surface area contributed by atoms with Gasteiger partial charge < -0.3 is 19.1 Å². The van der Waals surface area contributed by atoms with Crippen LogP contribution < -0.4 is 9.47 Å². The Bertz CT molecular complexity index is 911. The van der Waals surface area contributed by atoms with E-state index in [1.807, 2.05) is 44.2 Å². The lowest BCUT2D eigenvalue weighted by atomic mass is 10.0. The van der Waals surface area contributed by atoms with Crippen LogP contribution in [0.5, 0.6) is 11.5 Å². The molecule has 1 fully saturated rings. The number of carbonyl (C=O) groups excluding carboxylic acids is 1. The summed E-state index contributed by atoms with van der Waals surface area (Å²) >= 11 is 12.2. The Balaban J connectivity index is 1.40. The van der Waals surface area contributed by atoms with Gasteiger partial charge in [0.15, 0.2) is 18.1 Å². The summed E-state index contributed by atoms with van der Waals surface area (Å²) in [5.41, 5.74) is 1.70. The van der Waals surface area contributed by atoms with E-state index in [1.165, 1.54) is 0 Å². The molecule has 0 N–H and O–H groups in total. The van der Waals surface area contributed by atoms with Crippen LogP contribution in [0.3, 0.4) is 0 Å². The van der Waals surface area contributed by atoms with E-state index < -0.39 is 0 Å². The number of nitrogens with zero attached hydrogens (tertiary/aromatic N) is 1. The minimum absolute atomic E-state index is 0.0523. The van der Waals surface area contributed by atoms with Crippen molar-refractivity contribution in [2.24, 2.45) is 0 Å². The van der Waals surface area contributed by atoms with Crippen LogP contribution in [0.15, 0.2) is 36.4 Å². The van der Waals surface area contributed by atoms with Crippen molar-refractivity contribution in [1.82, 2.24) is 4.90 Å². The highest BCUT2D eigenvalue weighted by Gasteiger charge is 2.33. The van der Waals surface area contributed by atoms with Gasteiger partial charge in [0.1, 0.15) is 11.7 Å². The first kappa shape index (κ1) is 20.3. The summed E-state index contributed by atoms with van der Waals surface area (Å²) in [5, 5.41) is 1.09. The van der Waals surface area contributed by atoms with Crippen LogP contribution in [-0.2, 0) is 16.0 Å². The van der Waals surface area contributed by atoms with Gasteiger partial charge in [-0.05, 0) is 43.7 Å². The average molecular weight is 436 g/mol. The predicted octanol–water partition coefficient (Wildman–Crippen LogP) is 4.69. The SMILES string of the molecule is CC1(C)Cc2cccc(OCC(=O)N3CCOC(c4cc(Cl)cc(Cl)c4)C3)c2O1. The second-order valence-corrected chi connectivity index (χ2v) is 8.85. The van der Waals surface area contributed by atoms with Gasteiger partial charge in [0.25, 0.3) is 5.91 Å². The topological polar surface area (TPSA) is 48.0 Å². The minimum Gasteiger partial charge on any atom is -0.483 e. The van der Waals surface area contributed by atoms with Gasteiger partial charge in [0, 0.05) is 28.6 Å². The molecule has 2 aromatic rings. The predicted molar refractivity (Wildman–Crippen MR) is 112 cm³/mol. The maximum absolute atomic E-state index is 12.8. The molecule has 7 heteroatoms. The van der Waals surface area contributed by atoms with Crippen molar-refractivity contribution < 1.29 is 19.0 Å². The number of para-hydroxylation sites is 1. The number of ether oxygens (including phenoxy) is 3. The Morgan fingerprint density at radius 1 is 1.24 bits per heavy atom. The van der Waals surface area contributed by atoms with Crippen LogP contribution in [0.2, 0.25) is 10.0 Å². The number of halogens is 2. The van der Waals surface area contributed by atoms with Crippen molar-refractivity contribution >= 4 is 29.1 Å². The maximum atomic E-state index is 12.8. The van der Waals surface area contributed by atoms with Gasteiger partial charge >= 0.3 is 0 Å². The fraction of sp³-hybridized carbons (Fsp3) is 0.409. The zero-order valence-corrected chi connectivity index (χ0v) is 17.9. The molecule has 2 heterocycles. The molecule has 0 spiro atoms. The molecule has 1 unspecified atom stereocenters. The van der Waals surface area contributed by atoms with Gasteiger partial charge in [-0.25, -0.2) is 0 Å². The highest BCUT2D eigenvalue weighted by molar-refractivity contribution is 6.34. The van der Waals surface area contributed by atoms with Crippen LogP contribution in [0, 0.1) is 0 Å². The van der Waals surface area contributed by atoms with Crippen LogP contribution in [-0.4, -0.2) is 42.7 Å². The molecule has 2 aliphatic rings. The molecule has 1 amide bonds. The van der Waals surface area contributed by atoms with Crippen molar-refractivity contribution in [3.63, 3.8) is 0 Å². The van der Waals surface area contributed by atoms with E-state index >= 15 is 0 Å². The van der Waals surface area contributed by atoms with Crippen molar-refractivity contribution in [1.29, 1.82) is 0 Å². The molecule has 0 saturated carbocycles. The van der Waals surface area contributed by atoms with Crippen molar-refractivity contribution in [2.45, 2.75) is 32.0 Å². The van der Waals surface area contributed by atoms with Gasteiger partial charge in [0.2, 0.25) is 0 Å². The van der Waals surface area contributed by atoms with Crippen LogP contribution in [0.1, 0.15) is 31.1 Å². The van der Waals surface area contributed by atoms with E-state index in [9.17, 15) is 4.79 Å². The summed E-state index contributed by atoms with van der Waals surface area (Å²) in [7, 11) is 0. The fourth-order valence-electron chi connectivity index (χ4n) is 3.77. The second kappa shape index (κ2) is 8.05. The third-order valence-corrected chi connectivity index (χ3v) is 5.52. The number of amides is 1.